The third-order valence-electron chi connectivity index (χ3n) is 3.24. The van der Waals surface area contributed by atoms with Crippen molar-refractivity contribution in [2.75, 3.05) is 10.7 Å². The average Bonchev–Trinajstić information content (AvgIpc) is 2.52. The van der Waals surface area contributed by atoms with Gasteiger partial charge in [0.1, 0.15) is 11.5 Å². The van der Waals surface area contributed by atoms with Crippen LogP contribution in [0.4, 0.5) is 0 Å². The van der Waals surface area contributed by atoms with Crippen molar-refractivity contribution in [2.45, 2.75) is 9.65 Å². The van der Waals surface area contributed by atoms with Crippen molar-refractivity contribution in [3.63, 3.8) is 0 Å². The summed E-state index contributed by atoms with van der Waals surface area (Å²) in [4.78, 5) is 0.00896. The molecule has 2 rings (SSSR count). The van der Waals surface area contributed by atoms with E-state index < -0.39 is 0 Å². The molecule has 25 heavy (non-hydrogen) atoms. The molecule has 9 heteroatoms. The van der Waals surface area contributed by atoms with Gasteiger partial charge in [0, 0.05) is 21.8 Å². The molecule has 0 radical (unpaired) electrons. The van der Waals surface area contributed by atoms with Gasteiger partial charge in [0.2, 0.25) is 0 Å². The molecule has 0 heterocycles. The number of ether oxygens (including phenoxy) is 1. The summed E-state index contributed by atoms with van der Waals surface area (Å²) in [5.74, 6) is 1.01. The minimum absolute atomic E-state index is 0.00448. The molecule has 0 aliphatic rings. The van der Waals surface area contributed by atoms with E-state index in [1.54, 1.807) is 24.3 Å². The Morgan fingerprint density at radius 2 is 0.960 bits per heavy atom. The minimum Gasteiger partial charge on any atom is -0.457 e. The van der Waals surface area contributed by atoms with E-state index in [0.717, 1.165) is 11.1 Å². The Morgan fingerprint density at radius 3 is 1.20 bits per heavy atom. The van der Waals surface area contributed by atoms with Crippen LogP contribution in [0.3, 0.4) is 0 Å². The van der Waals surface area contributed by atoms with Crippen LogP contribution in [-0.4, -0.2) is 10.7 Å². The molecule has 0 N–H and O–H groups in total. The highest BCUT2D eigenvalue weighted by molar-refractivity contribution is 9.12. The first-order valence-electron chi connectivity index (χ1n) is 6.84. The number of hydrogen-bond acceptors (Lipinski definition) is 1. The highest BCUT2D eigenvalue weighted by Gasteiger charge is 2.18. The molecule has 0 saturated carbocycles. The van der Waals surface area contributed by atoms with E-state index in [2.05, 4.69) is 63.7 Å². The van der Waals surface area contributed by atoms with Gasteiger partial charge >= 0.3 is 0 Å². The van der Waals surface area contributed by atoms with Gasteiger partial charge in [-0.3, -0.25) is 0 Å². The van der Waals surface area contributed by atoms with Crippen molar-refractivity contribution in [2.24, 2.45) is 0 Å². The van der Waals surface area contributed by atoms with Gasteiger partial charge in [-0.1, -0.05) is 110 Å². The minimum atomic E-state index is 0.00448. The lowest BCUT2D eigenvalue weighted by molar-refractivity contribution is 0.482. The fourth-order valence-corrected chi connectivity index (χ4v) is 5.75. The third kappa shape index (κ3) is 5.66. The summed E-state index contributed by atoms with van der Waals surface area (Å²) in [6, 6.07) is 6.84. The molecule has 0 bridgehead atoms. The molecule has 0 spiro atoms. The molecule has 2 aromatic rings. The van der Waals surface area contributed by atoms with Gasteiger partial charge in [-0.25, -0.2) is 0 Å². The lowest BCUT2D eigenvalue weighted by atomic mass is 10.1. The summed E-state index contributed by atoms with van der Waals surface area (Å²) in [5, 5.41) is 3.41. The summed E-state index contributed by atoms with van der Waals surface area (Å²) in [5.41, 5.74) is 1.61. The normalized spacial score (nSPS) is 13.6. The lowest BCUT2D eigenvalue weighted by Crippen LogP contribution is -1.97. The van der Waals surface area contributed by atoms with Crippen molar-refractivity contribution in [1.29, 1.82) is 0 Å². The Labute approximate surface area is 200 Å². The van der Waals surface area contributed by atoms with Crippen molar-refractivity contribution in [1.82, 2.24) is 0 Å². The maximum Gasteiger partial charge on any atom is 0.130 e. The molecule has 0 aliphatic carbocycles. The zero-order valence-corrected chi connectivity index (χ0v) is 21.7. The van der Waals surface area contributed by atoms with E-state index in [1.807, 2.05) is 0 Å². The smallest absolute Gasteiger partial charge is 0.130 e. The fraction of sp³-hybridized carbons (Fsp3) is 0.250. The quantitative estimate of drug-likeness (QED) is 0.277. The van der Waals surface area contributed by atoms with Gasteiger partial charge in [0.15, 0.2) is 0 Å². The molecule has 2 unspecified atom stereocenters. The maximum absolute atomic E-state index is 6.34. The highest BCUT2D eigenvalue weighted by Crippen LogP contribution is 2.42. The van der Waals surface area contributed by atoms with Crippen LogP contribution in [0.5, 0.6) is 11.5 Å². The summed E-state index contributed by atoms with van der Waals surface area (Å²) < 4.78 is 5.85. The first-order chi connectivity index (χ1) is 11.8. The topological polar surface area (TPSA) is 9.23 Å². The largest absolute Gasteiger partial charge is 0.457 e. The first-order valence-corrected chi connectivity index (χ1v) is 12.4. The molecule has 0 fully saturated rings. The summed E-state index contributed by atoms with van der Waals surface area (Å²) >= 11 is 39.2. The molecule has 0 aliphatic heterocycles. The zero-order chi connectivity index (χ0) is 18.7. The monoisotopic (exact) mass is 674 g/mol. The molecule has 136 valence electrons. The molecule has 0 aromatic heterocycles. The molecule has 0 saturated heterocycles. The number of rotatable bonds is 6. The average molecular weight is 680 g/mol. The van der Waals surface area contributed by atoms with Crippen LogP contribution in [0, 0.1) is 0 Å². The number of alkyl halides is 4. The Hall–Kier alpha value is 1.32. The summed E-state index contributed by atoms with van der Waals surface area (Å²) in [7, 11) is 0. The molecule has 0 amide bonds. The number of hydrogen-bond donors (Lipinski definition) is 0. The van der Waals surface area contributed by atoms with Gasteiger partial charge in [-0.2, -0.15) is 0 Å². The Balaban J connectivity index is 2.34. The standard InChI is InChI=1S/C16H10Br4Cl4O/c17-5-9(19)15-11(21)1-7(2-12(15)22)25-8-3-13(23)16(10(20)6-18)14(24)4-8/h1-4,9-10H,5-6H2. The van der Waals surface area contributed by atoms with Gasteiger partial charge in [-0.05, 0) is 24.3 Å². The second-order valence-electron chi connectivity index (χ2n) is 4.95. The highest BCUT2D eigenvalue weighted by atomic mass is 79.9. The van der Waals surface area contributed by atoms with E-state index >= 15 is 0 Å². The Bertz CT molecular complexity index is 662. The van der Waals surface area contributed by atoms with Crippen molar-refractivity contribution in [3.8, 4) is 11.5 Å². The SMILES string of the molecule is Clc1cc(Oc2cc(Cl)c(C(Br)CBr)c(Cl)c2)cc(Cl)c1C(Br)CBr. The van der Waals surface area contributed by atoms with E-state index in [-0.39, 0.29) is 9.65 Å². The molecular weight excluding hydrogens is 670 g/mol. The summed E-state index contributed by atoms with van der Waals surface area (Å²) in [6.45, 7) is 0. The van der Waals surface area contributed by atoms with Crippen LogP contribution in [0.15, 0.2) is 24.3 Å². The predicted octanol–water partition coefficient (Wildman–Crippen LogP) is 9.75. The van der Waals surface area contributed by atoms with Gasteiger partial charge in [0.25, 0.3) is 0 Å². The van der Waals surface area contributed by atoms with Crippen molar-refractivity contribution in [3.05, 3.63) is 55.5 Å². The number of benzene rings is 2. The fourth-order valence-electron chi connectivity index (χ4n) is 2.13. The van der Waals surface area contributed by atoms with E-state index in [9.17, 15) is 0 Å². The van der Waals surface area contributed by atoms with Gasteiger partial charge in [0.05, 0.1) is 29.7 Å². The second kappa shape index (κ2) is 10.2. The molecule has 2 aromatic carbocycles. The number of halogens is 8. The lowest BCUT2D eigenvalue weighted by Gasteiger charge is -2.16. The van der Waals surface area contributed by atoms with E-state index in [1.165, 1.54) is 0 Å². The van der Waals surface area contributed by atoms with Gasteiger partial charge in [-0.15, -0.1) is 0 Å². The molecule has 1 nitrogen and oxygen atoms in total. The van der Waals surface area contributed by atoms with Crippen LogP contribution < -0.4 is 4.74 Å². The summed E-state index contributed by atoms with van der Waals surface area (Å²) in [6.07, 6.45) is 0. The maximum atomic E-state index is 6.34. The zero-order valence-electron chi connectivity index (χ0n) is 12.3. The van der Waals surface area contributed by atoms with Crippen LogP contribution in [0.1, 0.15) is 20.8 Å². The molecule has 2 atom stereocenters. The van der Waals surface area contributed by atoms with Crippen molar-refractivity contribution < 1.29 is 4.74 Å². The second-order valence-corrected chi connectivity index (χ2v) is 10.1. The molecular formula is C16H10Br4Cl4O. The van der Waals surface area contributed by atoms with Crippen LogP contribution in [0.25, 0.3) is 0 Å². The van der Waals surface area contributed by atoms with Crippen LogP contribution in [-0.2, 0) is 0 Å². The Morgan fingerprint density at radius 1 is 0.680 bits per heavy atom. The predicted molar refractivity (Wildman–Crippen MR) is 124 cm³/mol. The van der Waals surface area contributed by atoms with Crippen LogP contribution in [0.2, 0.25) is 20.1 Å². The van der Waals surface area contributed by atoms with E-state index in [0.29, 0.717) is 42.2 Å². The van der Waals surface area contributed by atoms with Crippen LogP contribution >= 0.6 is 110 Å². The Kier molecular flexibility index (Phi) is 9.22. The van der Waals surface area contributed by atoms with E-state index in [4.69, 9.17) is 51.1 Å². The van der Waals surface area contributed by atoms with Crippen molar-refractivity contribution >= 4 is 110 Å². The third-order valence-corrected chi connectivity index (χ3v) is 9.08. The first kappa shape index (κ1) is 22.6. The van der Waals surface area contributed by atoms with Gasteiger partial charge < -0.3 is 4.74 Å².